The molecule has 2 aromatic carbocycles. The molecular formula is C20H18F4N2O2. The zero-order valence-corrected chi connectivity index (χ0v) is 14.9. The van der Waals surface area contributed by atoms with E-state index in [1.165, 1.54) is 29.2 Å². The van der Waals surface area contributed by atoms with Crippen LogP contribution in [0, 0.1) is 5.82 Å². The minimum Gasteiger partial charge on any atom is -0.337 e. The van der Waals surface area contributed by atoms with Crippen molar-refractivity contribution in [2.45, 2.75) is 12.6 Å². The minimum atomic E-state index is -4.46. The van der Waals surface area contributed by atoms with Gasteiger partial charge in [0.05, 0.1) is 5.56 Å². The molecule has 0 saturated carbocycles. The van der Waals surface area contributed by atoms with Gasteiger partial charge in [-0.2, -0.15) is 13.2 Å². The van der Waals surface area contributed by atoms with Gasteiger partial charge < -0.3 is 9.80 Å². The van der Waals surface area contributed by atoms with Crippen LogP contribution in [-0.4, -0.2) is 47.8 Å². The first-order chi connectivity index (χ1) is 13.3. The number of carbonyl (C=O) groups is 2. The predicted molar refractivity (Wildman–Crippen MR) is 94.3 cm³/mol. The average Bonchev–Trinajstić information content (AvgIpc) is 2.92. The third kappa shape index (κ3) is 4.49. The Morgan fingerprint density at radius 2 is 1.36 bits per heavy atom. The Hall–Kier alpha value is -2.90. The molecule has 1 aliphatic rings. The highest BCUT2D eigenvalue weighted by molar-refractivity contribution is 5.95. The molecule has 2 amide bonds. The maximum absolute atomic E-state index is 13.3. The van der Waals surface area contributed by atoms with E-state index in [-0.39, 0.29) is 36.0 Å². The summed E-state index contributed by atoms with van der Waals surface area (Å²) in [6.45, 7) is 1.31. The zero-order valence-electron chi connectivity index (χ0n) is 14.9. The third-order valence-electron chi connectivity index (χ3n) is 4.60. The average molecular weight is 394 g/mol. The van der Waals surface area contributed by atoms with Gasteiger partial charge in [0.25, 0.3) is 11.8 Å². The van der Waals surface area contributed by atoms with Crippen LogP contribution in [0.3, 0.4) is 0 Å². The second kappa shape index (κ2) is 8.00. The van der Waals surface area contributed by atoms with Gasteiger partial charge in [-0.05, 0) is 48.9 Å². The van der Waals surface area contributed by atoms with E-state index in [9.17, 15) is 27.2 Å². The lowest BCUT2D eigenvalue weighted by Gasteiger charge is -2.22. The van der Waals surface area contributed by atoms with Gasteiger partial charge in [-0.1, -0.05) is 6.07 Å². The van der Waals surface area contributed by atoms with E-state index in [0.29, 0.717) is 19.5 Å². The van der Waals surface area contributed by atoms with Crippen LogP contribution < -0.4 is 0 Å². The first kappa shape index (κ1) is 19.9. The van der Waals surface area contributed by atoms with Crippen molar-refractivity contribution < 1.29 is 27.2 Å². The Morgan fingerprint density at radius 3 is 1.89 bits per heavy atom. The van der Waals surface area contributed by atoms with Crippen LogP contribution in [0.15, 0.2) is 48.5 Å². The Kier molecular flexibility index (Phi) is 5.67. The first-order valence-corrected chi connectivity index (χ1v) is 8.77. The Labute approximate surface area is 159 Å². The molecule has 1 heterocycles. The second-order valence-electron chi connectivity index (χ2n) is 6.52. The van der Waals surface area contributed by atoms with E-state index < -0.39 is 17.6 Å². The molecule has 3 rings (SSSR count). The Bertz CT molecular complexity index is 865. The molecule has 148 valence electrons. The third-order valence-corrected chi connectivity index (χ3v) is 4.60. The van der Waals surface area contributed by atoms with Crippen LogP contribution in [0.5, 0.6) is 0 Å². The summed E-state index contributed by atoms with van der Waals surface area (Å²) in [7, 11) is 0. The van der Waals surface area contributed by atoms with Crippen molar-refractivity contribution in [3.05, 3.63) is 71.0 Å². The van der Waals surface area contributed by atoms with E-state index in [4.69, 9.17) is 0 Å². The van der Waals surface area contributed by atoms with Crippen LogP contribution >= 0.6 is 0 Å². The molecule has 1 aliphatic heterocycles. The monoisotopic (exact) mass is 394 g/mol. The molecular weight excluding hydrogens is 376 g/mol. The normalized spacial score (nSPS) is 15.3. The number of amides is 2. The SMILES string of the molecule is O=C(c1ccc(C(F)(F)F)cc1)N1CCCN(C(=O)c2cccc(F)c2)CC1. The number of hydrogen-bond donors (Lipinski definition) is 0. The van der Waals surface area contributed by atoms with Gasteiger partial charge in [-0.3, -0.25) is 9.59 Å². The standard InChI is InChI=1S/C20H18F4N2O2/c21-17-4-1-3-15(13-17)19(28)26-10-2-9-25(11-12-26)18(27)14-5-7-16(8-6-14)20(22,23)24/h1,3-8,13H,2,9-12H2. The number of hydrogen-bond acceptors (Lipinski definition) is 2. The van der Waals surface area contributed by atoms with Crippen molar-refractivity contribution >= 4 is 11.8 Å². The van der Waals surface area contributed by atoms with Gasteiger partial charge in [0, 0.05) is 37.3 Å². The summed E-state index contributed by atoms with van der Waals surface area (Å²) in [5.74, 6) is -1.20. The van der Waals surface area contributed by atoms with E-state index in [2.05, 4.69) is 0 Å². The highest BCUT2D eigenvalue weighted by Gasteiger charge is 2.30. The number of nitrogens with zero attached hydrogens (tertiary/aromatic N) is 2. The van der Waals surface area contributed by atoms with Crippen LogP contribution in [0.25, 0.3) is 0 Å². The van der Waals surface area contributed by atoms with E-state index in [0.717, 1.165) is 24.3 Å². The van der Waals surface area contributed by atoms with Gasteiger partial charge in [-0.15, -0.1) is 0 Å². The van der Waals surface area contributed by atoms with E-state index in [1.807, 2.05) is 0 Å². The fraction of sp³-hybridized carbons (Fsp3) is 0.300. The minimum absolute atomic E-state index is 0.165. The van der Waals surface area contributed by atoms with Crippen LogP contribution in [0.4, 0.5) is 17.6 Å². The molecule has 0 atom stereocenters. The highest BCUT2D eigenvalue weighted by Crippen LogP contribution is 2.29. The quantitative estimate of drug-likeness (QED) is 0.727. The predicted octanol–water partition coefficient (Wildman–Crippen LogP) is 3.83. The lowest BCUT2D eigenvalue weighted by Crippen LogP contribution is -2.37. The van der Waals surface area contributed by atoms with Crippen LogP contribution in [0.2, 0.25) is 0 Å². The largest absolute Gasteiger partial charge is 0.416 e. The highest BCUT2D eigenvalue weighted by atomic mass is 19.4. The Balaban J connectivity index is 1.66. The molecule has 0 aliphatic carbocycles. The molecule has 0 N–H and O–H groups in total. The molecule has 0 spiro atoms. The van der Waals surface area contributed by atoms with Gasteiger partial charge >= 0.3 is 6.18 Å². The van der Waals surface area contributed by atoms with Crippen molar-refractivity contribution in [3.63, 3.8) is 0 Å². The molecule has 2 aromatic rings. The van der Waals surface area contributed by atoms with Gasteiger partial charge in [-0.25, -0.2) is 4.39 Å². The van der Waals surface area contributed by atoms with Crippen molar-refractivity contribution in [2.24, 2.45) is 0 Å². The summed E-state index contributed by atoms with van der Waals surface area (Å²) >= 11 is 0. The summed E-state index contributed by atoms with van der Waals surface area (Å²) in [5.41, 5.74) is -0.410. The lowest BCUT2D eigenvalue weighted by molar-refractivity contribution is -0.137. The zero-order chi connectivity index (χ0) is 20.3. The lowest BCUT2D eigenvalue weighted by atomic mass is 10.1. The number of halogens is 4. The molecule has 0 aromatic heterocycles. The van der Waals surface area contributed by atoms with Crippen LogP contribution in [0.1, 0.15) is 32.7 Å². The van der Waals surface area contributed by atoms with Crippen molar-refractivity contribution in [3.8, 4) is 0 Å². The summed E-state index contributed by atoms with van der Waals surface area (Å²) in [4.78, 5) is 28.2. The van der Waals surface area contributed by atoms with Gasteiger partial charge in [0.15, 0.2) is 0 Å². The fourth-order valence-corrected chi connectivity index (χ4v) is 3.11. The van der Waals surface area contributed by atoms with E-state index >= 15 is 0 Å². The van der Waals surface area contributed by atoms with Gasteiger partial charge in [0.1, 0.15) is 5.82 Å². The van der Waals surface area contributed by atoms with E-state index in [1.54, 1.807) is 4.90 Å². The molecule has 8 heteroatoms. The topological polar surface area (TPSA) is 40.6 Å². The van der Waals surface area contributed by atoms with Crippen molar-refractivity contribution in [1.29, 1.82) is 0 Å². The maximum Gasteiger partial charge on any atom is 0.416 e. The molecule has 1 fully saturated rings. The smallest absolute Gasteiger partial charge is 0.337 e. The molecule has 4 nitrogen and oxygen atoms in total. The molecule has 0 bridgehead atoms. The van der Waals surface area contributed by atoms with Crippen molar-refractivity contribution in [1.82, 2.24) is 9.80 Å². The molecule has 28 heavy (non-hydrogen) atoms. The summed E-state index contributed by atoms with van der Waals surface area (Å²) in [6.07, 6.45) is -3.94. The Morgan fingerprint density at radius 1 is 0.786 bits per heavy atom. The van der Waals surface area contributed by atoms with Gasteiger partial charge in [0.2, 0.25) is 0 Å². The fourth-order valence-electron chi connectivity index (χ4n) is 3.11. The summed E-state index contributed by atoms with van der Waals surface area (Å²) < 4.78 is 51.3. The first-order valence-electron chi connectivity index (χ1n) is 8.77. The summed E-state index contributed by atoms with van der Waals surface area (Å²) in [6, 6.07) is 9.48. The number of rotatable bonds is 2. The number of benzene rings is 2. The number of carbonyl (C=O) groups excluding carboxylic acids is 2. The molecule has 0 unspecified atom stereocenters. The maximum atomic E-state index is 13.3. The molecule has 1 saturated heterocycles. The molecule has 0 radical (unpaired) electrons. The van der Waals surface area contributed by atoms with Crippen LogP contribution in [-0.2, 0) is 6.18 Å². The summed E-state index contributed by atoms with van der Waals surface area (Å²) in [5, 5.41) is 0. The van der Waals surface area contributed by atoms with Crippen molar-refractivity contribution in [2.75, 3.05) is 26.2 Å². The number of alkyl halides is 3. The second-order valence-corrected chi connectivity index (χ2v) is 6.52.